The van der Waals surface area contributed by atoms with Gasteiger partial charge in [-0.2, -0.15) is 0 Å². The highest BCUT2D eigenvalue weighted by molar-refractivity contribution is 5.02. The zero-order valence-electron chi connectivity index (χ0n) is 32.5. The van der Waals surface area contributed by atoms with Crippen LogP contribution in [0.3, 0.4) is 0 Å². The summed E-state index contributed by atoms with van der Waals surface area (Å²) in [6, 6.07) is 0.587. The number of imidazole rings is 1. The SMILES string of the molecule is CCCCCCCCCCCCCCCCCC(CCCCCC)c1nccn1C(C)CCCCCCCCCCCCCCC. The van der Waals surface area contributed by atoms with E-state index in [0.717, 1.165) is 0 Å². The van der Waals surface area contributed by atoms with Gasteiger partial charge < -0.3 is 4.57 Å². The van der Waals surface area contributed by atoms with Crippen molar-refractivity contribution < 1.29 is 0 Å². The minimum Gasteiger partial charge on any atom is -0.332 e. The van der Waals surface area contributed by atoms with Crippen LogP contribution in [0.1, 0.15) is 270 Å². The van der Waals surface area contributed by atoms with Gasteiger partial charge in [-0.05, 0) is 26.2 Å². The largest absolute Gasteiger partial charge is 0.332 e. The number of hydrogen-bond donors (Lipinski definition) is 0. The van der Waals surface area contributed by atoms with Gasteiger partial charge in [-0.3, -0.25) is 0 Å². The van der Waals surface area contributed by atoms with E-state index in [2.05, 4.69) is 44.7 Å². The Morgan fingerprint density at radius 3 is 1.04 bits per heavy atom. The average molecular weight is 643 g/mol. The molecule has 1 aromatic heterocycles. The van der Waals surface area contributed by atoms with E-state index < -0.39 is 0 Å². The highest BCUT2D eigenvalue weighted by atomic mass is 15.1. The fourth-order valence-corrected chi connectivity index (χ4v) is 7.59. The second-order valence-electron chi connectivity index (χ2n) is 15.4. The maximum absolute atomic E-state index is 5.00. The maximum atomic E-state index is 5.00. The molecule has 1 heterocycles. The van der Waals surface area contributed by atoms with Crippen LogP contribution in [0, 0.1) is 0 Å². The standard InChI is InChI=1S/C44H86N2/c1-5-8-11-14-16-18-20-22-23-25-27-29-31-33-36-39-43(38-35-13-10-7-3)44-45-40-41-46(44)42(4)37-34-32-30-28-26-24-21-19-17-15-12-9-6-2/h40-43H,5-39H2,1-4H3. The number of aromatic nitrogens is 2. The molecule has 272 valence electrons. The molecule has 46 heavy (non-hydrogen) atoms. The summed E-state index contributed by atoms with van der Waals surface area (Å²) in [5, 5.41) is 0. The first kappa shape index (κ1) is 43.2. The Bertz CT molecular complexity index is 709. The maximum Gasteiger partial charge on any atom is 0.111 e. The summed E-state index contributed by atoms with van der Waals surface area (Å²) in [5.74, 6) is 2.06. The molecule has 0 bridgehead atoms. The van der Waals surface area contributed by atoms with Gasteiger partial charge in [-0.15, -0.1) is 0 Å². The van der Waals surface area contributed by atoms with Crippen molar-refractivity contribution >= 4 is 0 Å². The summed E-state index contributed by atoms with van der Waals surface area (Å²) in [6.07, 6.45) is 54.2. The molecule has 2 unspecified atom stereocenters. The fraction of sp³-hybridized carbons (Fsp3) is 0.932. The lowest BCUT2D eigenvalue weighted by atomic mass is 9.93. The van der Waals surface area contributed by atoms with Crippen molar-refractivity contribution in [3.05, 3.63) is 18.2 Å². The van der Waals surface area contributed by atoms with Crippen molar-refractivity contribution in [2.75, 3.05) is 0 Å². The molecule has 0 spiro atoms. The molecule has 2 atom stereocenters. The lowest BCUT2D eigenvalue weighted by molar-refractivity contribution is 0.413. The zero-order valence-corrected chi connectivity index (χ0v) is 32.5. The number of hydrogen-bond acceptors (Lipinski definition) is 1. The van der Waals surface area contributed by atoms with Crippen LogP contribution >= 0.6 is 0 Å². The molecule has 0 aliphatic rings. The molecule has 1 aromatic rings. The molecule has 2 heteroatoms. The van der Waals surface area contributed by atoms with Crippen LogP contribution in [0.25, 0.3) is 0 Å². The smallest absolute Gasteiger partial charge is 0.111 e. The molecule has 0 radical (unpaired) electrons. The van der Waals surface area contributed by atoms with Crippen molar-refractivity contribution in [3.63, 3.8) is 0 Å². The monoisotopic (exact) mass is 643 g/mol. The van der Waals surface area contributed by atoms with Gasteiger partial charge in [0.1, 0.15) is 5.82 Å². The van der Waals surface area contributed by atoms with Gasteiger partial charge in [0, 0.05) is 24.4 Å². The van der Waals surface area contributed by atoms with E-state index in [1.807, 2.05) is 0 Å². The zero-order chi connectivity index (χ0) is 33.2. The van der Waals surface area contributed by atoms with Crippen molar-refractivity contribution in [1.82, 2.24) is 9.55 Å². The Balaban J connectivity index is 2.23. The second-order valence-corrected chi connectivity index (χ2v) is 15.4. The Hall–Kier alpha value is -0.790. The number of rotatable bonds is 37. The molecule has 0 aliphatic carbocycles. The van der Waals surface area contributed by atoms with Gasteiger partial charge in [0.2, 0.25) is 0 Å². The molecule has 0 fully saturated rings. The first-order valence-electron chi connectivity index (χ1n) is 21.8. The Morgan fingerprint density at radius 1 is 0.413 bits per heavy atom. The van der Waals surface area contributed by atoms with Gasteiger partial charge in [0.15, 0.2) is 0 Å². The van der Waals surface area contributed by atoms with Crippen LogP contribution in [0.15, 0.2) is 12.4 Å². The van der Waals surface area contributed by atoms with Crippen LogP contribution < -0.4 is 0 Å². The first-order valence-corrected chi connectivity index (χ1v) is 21.8. The minimum atomic E-state index is 0.587. The van der Waals surface area contributed by atoms with E-state index in [1.165, 1.54) is 231 Å². The fourth-order valence-electron chi connectivity index (χ4n) is 7.59. The van der Waals surface area contributed by atoms with Crippen molar-refractivity contribution in [1.29, 1.82) is 0 Å². The van der Waals surface area contributed by atoms with Crippen LogP contribution in [-0.4, -0.2) is 9.55 Å². The average Bonchev–Trinajstić information content (AvgIpc) is 3.56. The molecular weight excluding hydrogens is 556 g/mol. The van der Waals surface area contributed by atoms with Gasteiger partial charge in [0.25, 0.3) is 0 Å². The third-order valence-electron chi connectivity index (χ3n) is 10.8. The van der Waals surface area contributed by atoms with Gasteiger partial charge in [-0.1, -0.05) is 226 Å². The molecular formula is C44H86N2. The van der Waals surface area contributed by atoms with Crippen LogP contribution in [0.5, 0.6) is 0 Å². The van der Waals surface area contributed by atoms with Crippen molar-refractivity contribution in [2.45, 2.75) is 264 Å². The summed E-state index contributed by atoms with van der Waals surface area (Å²) in [6.45, 7) is 9.40. The second kappa shape index (κ2) is 34.1. The van der Waals surface area contributed by atoms with E-state index in [0.29, 0.717) is 12.0 Å². The third kappa shape index (κ3) is 25.3. The van der Waals surface area contributed by atoms with Crippen LogP contribution in [-0.2, 0) is 0 Å². The lowest BCUT2D eigenvalue weighted by Gasteiger charge is -2.22. The Kier molecular flexibility index (Phi) is 32.0. The molecule has 0 amide bonds. The summed E-state index contributed by atoms with van der Waals surface area (Å²) in [7, 11) is 0. The number of nitrogens with zero attached hydrogens (tertiary/aromatic N) is 2. The van der Waals surface area contributed by atoms with E-state index >= 15 is 0 Å². The normalized spacial score (nSPS) is 13.0. The molecule has 0 aromatic carbocycles. The predicted octanol–water partition coefficient (Wildman–Crippen LogP) is 16.2. The van der Waals surface area contributed by atoms with Gasteiger partial charge in [-0.25, -0.2) is 4.98 Å². The molecule has 2 nitrogen and oxygen atoms in total. The third-order valence-corrected chi connectivity index (χ3v) is 10.8. The lowest BCUT2D eigenvalue weighted by Crippen LogP contribution is -2.13. The summed E-state index contributed by atoms with van der Waals surface area (Å²) in [4.78, 5) is 5.00. The molecule has 1 rings (SSSR count). The van der Waals surface area contributed by atoms with E-state index in [9.17, 15) is 0 Å². The first-order chi connectivity index (χ1) is 22.7. The minimum absolute atomic E-state index is 0.587. The topological polar surface area (TPSA) is 17.8 Å². The molecule has 0 aliphatic heterocycles. The van der Waals surface area contributed by atoms with E-state index in [4.69, 9.17) is 4.98 Å². The Labute approximate surface area is 291 Å². The molecule has 0 saturated heterocycles. The molecule has 0 N–H and O–H groups in total. The van der Waals surface area contributed by atoms with Crippen LogP contribution in [0.2, 0.25) is 0 Å². The van der Waals surface area contributed by atoms with E-state index in [-0.39, 0.29) is 0 Å². The van der Waals surface area contributed by atoms with Crippen molar-refractivity contribution in [2.24, 2.45) is 0 Å². The van der Waals surface area contributed by atoms with Gasteiger partial charge >= 0.3 is 0 Å². The highest BCUT2D eigenvalue weighted by Crippen LogP contribution is 2.31. The predicted molar refractivity (Wildman–Crippen MR) is 208 cm³/mol. The Morgan fingerprint density at radius 2 is 0.696 bits per heavy atom. The highest BCUT2D eigenvalue weighted by Gasteiger charge is 2.19. The van der Waals surface area contributed by atoms with E-state index in [1.54, 1.807) is 0 Å². The number of unbranched alkanes of at least 4 members (excludes halogenated alkanes) is 29. The van der Waals surface area contributed by atoms with Gasteiger partial charge in [0.05, 0.1) is 0 Å². The van der Waals surface area contributed by atoms with Crippen molar-refractivity contribution in [3.8, 4) is 0 Å². The summed E-state index contributed by atoms with van der Waals surface area (Å²) >= 11 is 0. The quantitative estimate of drug-likeness (QED) is 0.0660. The van der Waals surface area contributed by atoms with Crippen LogP contribution in [0.4, 0.5) is 0 Å². The summed E-state index contributed by atoms with van der Waals surface area (Å²) < 4.78 is 2.58. The summed E-state index contributed by atoms with van der Waals surface area (Å²) in [5.41, 5.74) is 0. The molecule has 0 saturated carbocycles.